The Balaban J connectivity index is 1.62. The molecule has 134 valence electrons. The fourth-order valence-corrected chi connectivity index (χ4v) is 3.21. The van der Waals surface area contributed by atoms with Gasteiger partial charge in [-0.2, -0.15) is 5.10 Å². The van der Waals surface area contributed by atoms with Gasteiger partial charge in [0.05, 0.1) is 28.5 Å². The average molecular weight is 446 g/mol. The van der Waals surface area contributed by atoms with Crippen LogP contribution in [-0.2, 0) is 6.54 Å². The molecule has 1 aromatic heterocycles. The van der Waals surface area contributed by atoms with Crippen LogP contribution < -0.4 is 10.6 Å². The van der Waals surface area contributed by atoms with Crippen molar-refractivity contribution in [2.24, 2.45) is 0 Å². The summed E-state index contributed by atoms with van der Waals surface area (Å²) < 4.78 is 1.75. The second kappa shape index (κ2) is 8.46. The molecule has 26 heavy (non-hydrogen) atoms. The lowest BCUT2D eigenvalue weighted by Gasteiger charge is -2.09. The molecule has 0 bridgehead atoms. The highest BCUT2D eigenvalue weighted by molar-refractivity contribution is 7.80. The summed E-state index contributed by atoms with van der Waals surface area (Å²) in [5.74, 6) is 0. The third kappa shape index (κ3) is 5.02. The average Bonchev–Trinajstić information content (AvgIpc) is 3.00. The number of nitrogens with one attached hydrogen (secondary N) is 2. The number of thiocarbonyl (C=S) groups is 1. The second-order valence-corrected chi connectivity index (χ2v) is 7.44. The van der Waals surface area contributed by atoms with Crippen molar-refractivity contribution in [2.45, 2.75) is 6.54 Å². The van der Waals surface area contributed by atoms with Crippen molar-refractivity contribution in [3.8, 4) is 0 Å². The van der Waals surface area contributed by atoms with E-state index in [1.807, 2.05) is 12.3 Å². The number of aromatic nitrogens is 2. The molecule has 0 amide bonds. The van der Waals surface area contributed by atoms with Gasteiger partial charge in [0.1, 0.15) is 0 Å². The van der Waals surface area contributed by atoms with E-state index < -0.39 is 0 Å². The molecule has 0 radical (unpaired) electrons. The van der Waals surface area contributed by atoms with E-state index in [-0.39, 0.29) is 0 Å². The minimum Gasteiger partial charge on any atom is -0.332 e. The number of hydrogen-bond acceptors (Lipinski definition) is 2. The van der Waals surface area contributed by atoms with Crippen molar-refractivity contribution in [3.05, 3.63) is 74.4 Å². The summed E-state index contributed by atoms with van der Waals surface area (Å²) in [6, 6.07) is 10.6. The zero-order valence-electron chi connectivity index (χ0n) is 13.1. The molecule has 1 heterocycles. The van der Waals surface area contributed by atoms with Crippen LogP contribution in [-0.4, -0.2) is 14.9 Å². The largest absolute Gasteiger partial charge is 0.332 e. The zero-order valence-corrected chi connectivity index (χ0v) is 17.0. The van der Waals surface area contributed by atoms with Crippen molar-refractivity contribution in [2.75, 3.05) is 10.6 Å². The monoisotopic (exact) mass is 444 g/mol. The smallest absolute Gasteiger partial charge is 0.175 e. The second-order valence-electron chi connectivity index (χ2n) is 5.37. The van der Waals surface area contributed by atoms with Crippen LogP contribution in [0.5, 0.6) is 0 Å². The highest BCUT2D eigenvalue weighted by Gasteiger charge is 2.06. The molecule has 0 unspecified atom stereocenters. The molecule has 2 aromatic carbocycles. The van der Waals surface area contributed by atoms with E-state index in [1.165, 1.54) is 0 Å². The lowest BCUT2D eigenvalue weighted by molar-refractivity contribution is 0.687. The maximum absolute atomic E-state index is 6.19. The molecule has 9 heteroatoms. The Morgan fingerprint density at radius 2 is 1.69 bits per heavy atom. The van der Waals surface area contributed by atoms with Gasteiger partial charge in [-0.15, -0.1) is 0 Å². The van der Waals surface area contributed by atoms with Gasteiger partial charge in [0.2, 0.25) is 0 Å². The summed E-state index contributed by atoms with van der Waals surface area (Å²) in [5, 5.41) is 12.9. The number of benzene rings is 2. The number of hydrogen-bond donors (Lipinski definition) is 2. The Hall–Kier alpha value is -1.50. The third-order valence-corrected chi connectivity index (χ3v) is 4.95. The van der Waals surface area contributed by atoms with Gasteiger partial charge in [-0.25, -0.2) is 0 Å². The van der Waals surface area contributed by atoms with E-state index in [0.717, 1.165) is 16.9 Å². The van der Waals surface area contributed by atoms with Crippen LogP contribution in [0.25, 0.3) is 0 Å². The molecule has 2 N–H and O–H groups in total. The standard InChI is InChI=1S/C17H12Cl4N4S/c18-11-2-1-10(15(20)5-11)8-25-9-13(7-22-25)24-17(26)23-12-3-4-14(19)16(21)6-12/h1-7,9H,8H2,(H2,23,24,26). The van der Waals surface area contributed by atoms with Crippen molar-refractivity contribution in [3.63, 3.8) is 0 Å². The minimum absolute atomic E-state index is 0.410. The fraction of sp³-hybridized carbons (Fsp3) is 0.0588. The normalized spacial score (nSPS) is 10.6. The maximum Gasteiger partial charge on any atom is 0.175 e. The Labute approximate surface area is 176 Å². The zero-order chi connectivity index (χ0) is 18.7. The summed E-state index contributed by atoms with van der Waals surface area (Å²) in [6.45, 7) is 0.519. The Kier molecular flexibility index (Phi) is 6.27. The van der Waals surface area contributed by atoms with Gasteiger partial charge < -0.3 is 10.6 Å². The highest BCUT2D eigenvalue weighted by atomic mass is 35.5. The summed E-state index contributed by atoms with van der Waals surface area (Å²) in [7, 11) is 0. The van der Waals surface area contributed by atoms with Gasteiger partial charge >= 0.3 is 0 Å². The predicted octanol–water partition coefficient (Wildman–Crippen LogP) is 6.35. The van der Waals surface area contributed by atoms with Gasteiger partial charge in [0, 0.05) is 21.9 Å². The third-order valence-electron chi connectivity index (χ3n) is 3.42. The first kappa shape index (κ1) is 19.3. The Bertz CT molecular complexity index is 958. The molecule has 0 atom stereocenters. The Morgan fingerprint density at radius 1 is 0.923 bits per heavy atom. The van der Waals surface area contributed by atoms with Gasteiger partial charge in [-0.05, 0) is 48.1 Å². The van der Waals surface area contributed by atoms with E-state index in [4.69, 9.17) is 58.6 Å². The van der Waals surface area contributed by atoms with Gasteiger partial charge in [0.15, 0.2) is 5.11 Å². The fourth-order valence-electron chi connectivity index (χ4n) is 2.21. The number of rotatable bonds is 4. The van der Waals surface area contributed by atoms with E-state index in [9.17, 15) is 0 Å². The van der Waals surface area contributed by atoms with Crippen LogP contribution in [0.3, 0.4) is 0 Å². The van der Waals surface area contributed by atoms with Crippen molar-refractivity contribution < 1.29 is 0 Å². The maximum atomic E-state index is 6.19. The lowest BCUT2D eigenvalue weighted by atomic mass is 10.2. The summed E-state index contributed by atoms with van der Waals surface area (Å²) >= 11 is 29.3. The molecular weight excluding hydrogens is 434 g/mol. The van der Waals surface area contributed by atoms with Gasteiger partial charge in [0.25, 0.3) is 0 Å². The minimum atomic E-state index is 0.410. The summed E-state index contributed by atoms with van der Waals surface area (Å²) in [6.07, 6.45) is 3.50. The molecule has 0 saturated heterocycles. The lowest BCUT2D eigenvalue weighted by Crippen LogP contribution is -2.18. The molecule has 4 nitrogen and oxygen atoms in total. The summed E-state index contributed by atoms with van der Waals surface area (Å²) in [4.78, 5) is 0. The molecular formula is C17H12Cl4N4S. The first-order chi connectivity index (χ1) is 12.4. The quantitative estimate of drug-likeness (QED) is 0.458. The van der Waals surface area contributed by atoms with Gasteiger partial charge in [-0.3, -0.25) is 4.68 Å². The van der Waals surface area contributed by atoms with E-state index in [2.05, 4.69) is 15.7 Å². The molecule has 0 aliphatic heterocycles. The summed E-state index contributed by atoms with van der Waals surface area (Å²) in [5.41, 5.74) is 2.40. The van der Waals surface area contributed by atoms with Crippen LogP contribution in [0.2, 0.25) is 20.1 Å². The van der Waals surface area contributed by atoms with Crippen LogP contribution >= 0.6 is 58.6 Å². The molecule has 0 aliphatic rings. The number of halogens is 4. The van der Waals surface area contributed by atoms with Crippen molar-refractivity contribution in [1.29, 1.82) is 0 Å². The SMILES string of the molecule is S=C(Nc1ccc(Cl)c(Cl)c1)Nc1cnn(Cc2ccc(Cl)cc2Cl)c1. The van der Waals surface area contributed by atoms with E-state index >= 15 is 0 Å². The van der Waals surface area contributed by atoms with Gasteiger partial charge in [-0.1, -0.05) is 52.5 Å². The Morgan fingerprint density at radius 3 is 2.42 bits per heavy atom. The highest BCUT2D eigenvalue weighted by Crippen LogP contribution is 2.25. The molecule has 0 aliphatic carbocycles. The molecule has 0 spiro atoms. The molecule has 3 rings (SSSR count). The van der Waals surface area contributed by atoms with Crippen LogP contribution in [0.4, 0.5) is 11.4 Å². The number of nitrogens with zero attached hydrogens (tertiary/aromatic N) is 2. The van der Waals surface area contributed by atoms with E-state index in [1.54, 1.807) is 41.2 Å². The number of anilines is 2. The first-order valence-electron chi connectivity index (χ1n) is 7.40. The van der Waals surface area contributed by atoms with Crippen molar-refractivity contribution in [1.82, 2.24) is 9.78 Å². The van der Waals surface area contributed by atoms with Crippen molar-refractivity contribution >= 4 is 75.1 Å². The topological polar surface area (TPSA) is 41.9 Å². The van der Waals surface area contributed by atoms with Crippen LogP contribution in [0.15, 0.2) is 48.8 Å². The molecule has 0 saturated carbocycles. The van der Waals surface area contributed by atoms with Crippen LogP contribution in [0.1, 0.15) is 5.56 Å². The van der Waals surface area contributed by atoms with E-state index in [0.29, 0.717) is 31.7 Å². The predicted molar refractivity (Wildman–Crippen MR) is 114 cm³/mol. The molecule has 0 fully saturated rings. The van der Waals surface area contributed by atoms with Crippen LogP contribution in [0, 0.1) is 0 Å². The first-order valence-corrected chi connectivity index (χ1v) is 9.32. The molecule has 3 aromatic rings.